The van der Waals surface area contributed by atoms with E-state index < -0.39 is 0 Å². The van der Waals surface area contributed by atoms with E-state index in [2.05, 4.69) is 6.92 Å². The standard InChI is InChI=1S/C9H9Cl2O/c1-6(12-2)7-3-8(10)5-9(11)4-7/h3-6H,1H2,2H3. The quantitative estimate of drug-likeness (QED) is 0.716. The normalized spacial score (nSPS) is 13.0. The smallest absolute Gasteiger partial charge is 0.0823 e. The first-order valence-corrected chi connectivity index (χ1v) is 4.21. The van der Waals surface area contributed by atoms with E-state index in [4.69, 9.17) is 27.9 Å². The first-order valence-electron chi connectivity index (χ1n) is 3.45. The number of methoxy groups -OCH3 is 1. The van der Waals surface area contributed by atoms with Crippen LogP contribution in [0.5, 0.6) is 0 Å². The number of hydrogen-bond donors (Lipinski definition) is 0. The van der Waals surface area contributed by atoms with E-state index in [1.807, 2.05) is 0 Å². The largest absolute Gasteiger partial charge is 0.377 e. The van der Waals surface area contributed by atoms with Gasteiger partial charge < -0.3 is 4.74 Å². The van der Waals surface area contributed by atoms with Crippen LogP contribution in [0.3, 0.4) is 0 Å². The van der Waals surface area contributed by atoms with Crippen molar-refractivity contribution in [2.24, 2.45) is 0 Å². The fraction of sp³-hybridized carbons (Fsp3) is 0.222. The molecule has 0 aliphatic heterocycles. The molecule has 0 saturated heterocycles. The molecule has 1 aromatic carbocycles. The maximum atomic E-state index is 5.78. The Morgan fingerprint density at radius 1 is 1.25 bits per heavy atom. The molecule has 0 spiro atoms. The van der Waals surface area contributed by atoms with E-state index in [-0.39, 0.29) is 6.10 Å². The van der Waals surface area contributed by atoms with Crippen LogP contribution in [0.1, 0.15) is 11.7 Å². The monoisotopic (exact) mass is 203 g/mol. The molecule has 0 aliphatic rings. The molecule has 0 bridgehead atoms. The summed E-state index contributed by atoms with van der Waals surface area (Å²) in [5, 5.41) is 1.20. The third-order valence-corrected chi connectivity index (χ3v) is 1.98. The number of hydrogen-bond acceptors (Lipinski definition) is 1. The topological polar surface area (TPSA) is 9.23 Å². The lowest BCUT2D eigenvalue weighted by molar-refractivity contribution is 0.140. The Kier molecular flexibility index (Phi) is 3.39. The van der Waals surface area contributed by atoms with Crippen LogP contribution in [0.25, 0.3) is 0 Å². The highest BCUT2D eigenvalue weighted by Gasteiger charge is 2.05. The highest BCUT2D eigenvalue weighted by Crippen LogP contribution is 2.24. The molecule has 0 N–H and O–H groups in total. The molecule has 65 valence electrons. The summed E-state index contributed by atoms with van der Waals surface area (Å²) in [4.78, 5) is 0. The molecule has 0 fully saturated rings. The van der Waals surface area contributed by atoms with Crippen molar-refractivity contribution in [1.82, 2.24) is 0 Å². The molecule has 12 heavy (non-hydrogen) atoms. The summed E-state index contributed by atoms with van der Waals surface area (Å²) in [5.41, 5.74) is 0.884. The van der Waals surface area contributed by atoms with Gasteiger partial charge in [-0.1, -0.05) is 23.2 Å². The second-order valence-electron chi connectivity index (χ2n) is 2.43. The summed E-state index contributed by atoms with van der Waals surface area (Å²) in [5.74, 6) is 0. The molecule has 1 atom stereocenters. The highest BCUT2D eigenvalue weighted by molar-refractivity contribution is 6.34. The third kappa shape index (κ3) is 2.37. The lowest BCUT2D eigenvalue weighted by atomic mass is 10.1. The Morgan fingerprint density at radius 3 is 2.17 bits per heavy atom. The molecule has 0 aliphatic carbocycles. The van der Waals surface area contributed by atoms with Gasteiger partial charge in [-0.3, -0.25) is 0 Å². The Morgan fingerprint density at radius 2 is 1.75 bits per heavy atom. The van der Waals surface area contributed by atoms with Crippen molar-refractivity contribution in [3.63, 3.8) is 0 Å². The minimum absolute atomic E-state index is 0.221. The summed E-state index contributed by atoms with van der Waals surface area (Å²) in [7, 11) is 1.59. The zero-order valence-corrected chi connectivity index (χ0v) is 8.19. The van der Waals surface area contributed by atoms with Crippen LogP contribution in [0.15, 0.2) is 18.2 Å². The van der Waals surface area contributed by atoms with Crippen LogP contribution >= 0.6 is 23.2 Å². The van der Waals surface area contributed by atoms with E-state index in [9.17, 15) is 0 Å². The van der Waals surface area contributed by atoms with Crippen molar-refractivity contribution in [3.05, 3.63) is 40.7 Å². The van der Waals surface area contributed by atoms with E-state index in [1.165, 1.54) is 0 Å². The van der Waals surface area contributed by atoms with Crippen molar-refractivity contribution >= 4 is 23.2 Å². The van der Waals surface area contributed by atoms with Crippen LogP contribution in [0.4, 0.5) is 0 Å². The van der Waals surface area contributed by atoms with Crippen LogP contribution in [0.2, 0.25) is 10.0 Å². The van der Waals surface area contributed by atoms with Gasteiger partial charge in [-0.05, 0) is 30.7 Å². The van der Waals surface area contributed by atoms with Crippen LogP contribution < -0.4 is 0 Å². The second kappa shape index (κ2) is 4.13. The first kappa shape index (κ1) is 9.85. The van der Waals surface area contributed by atoms with Gasteiger partial charge in [0.05, 0.1) is 6.10 Å². The van der Waals surface area contributed by atoms with Gasteiger partial charge in [0.15, 0.2) is 0 Å². The van der Waals surface area contributed by atoms with E-state index in [1.54, 1.807) is 25.3 Å². The summed E-state index contributed by atoms with van der Waals surface area (Å²) in [6, 6.07) is 5.25. The van der Waals surface area contributed by atoms with Gasteiger partial charge >= 0.3 is 0 Å². The fourth-order valence-corrected chi connectivity index (χ4v) is 1.44. The number of benzene rings is 1. The SMILES string of the molecule is [CH2]C(OC)c1cc(Cl)cc(Cl)c1. The van der Waals surface area contributed by atoms with Gasteiger partial charge in [0.25, 0.3) is 0 Å². The summed E-state index contributed by atoms with van der Waals surface area (Å²) in [6.45, 7) is 3.77. The Balaban J connectivity index is 3.00. The molecule has 1 unspecified atom stereocenters. The molecular weight excluding hydrogens is 195 g/mol. The zero-order valence-electron chi connectivity index (χ0n) is 6.68. The molecule has 0 heterocycles. The molecule has 3 heteroatoms. The molecule has 0 amide bonds. The van der Waals surface area contributed by atoms with Gasteiger partial charge in [-0.15, -0.1) is 0 Å². The summed E-state index contributed by atoms with van der Waals surface area (Å²) in [6.07, 6.45) is -0.221. The molecule has 1 nitrogen and oxygen atoms in total. The van der Waals surface area contributed by atoms with E-state index in [0.29, 0.717) is 10.0 Å². The molecular formula is C9H9Cl2O. The predicted octanol–water partition coefficient (Wildman–Crippen LogP) is 3.51. The molecule has 0 saturated carbocycles. The zero-order chi connectivity index (χ0) is 9.14. The van der Waals surface area contributed by atoms with Crippen molar-refractivity contribution in [2.45, 2.75) is 6.10 Å². The lowest BCUT2D eigenvalue weighted by Gasteiger charge is -2.09. The minimum Gasteiger partial charge on any atom is -0.377 e. The second-order valence-corrected chi connectivity index (χ2v) is 3.30. The first-order chi connectivity index (χ1) is 5.63. The van der Waals surface area contributed by atoms with Crippen LogP contribution in [0, 0.1) is 6.92 Å². The molecule has 1 rings (SSSR count). The number of ether oxygens (including phenoxy) is 1. The summed E-state index contributed by atoms with van der Waals surface area (Å²) < 4.78 is 5.02. The van der Waals surface area contributed by atoms with Gasteiger partial charge in [-0.25, -0.2) is 0 Å². The Bertz CT molecular complexity index is 253. The Labute approximate surface area is 82.2 Å². The maximum Gasteiger partial charge on any atom is 0.0823 e. The minimum atomic E-state index is -0.221. The Hall–Kier alpha value is -0.240. The van der Waals surface area contributed by atoms with Crippen LogP contribution in [-0.4, -0.2) is 7.11 Å². The lowest BCUT2D eigenvalue weighted by Crippen LogP contribution is -1.95. The van der Waals surface area contributed by atoms with Gasteiger partial charge in [0.2, 0.25) is 0 Å². The average molecular weight is 204 g/mol. The van der Waals surface area contributed by atoms with E-state index >= 15 is 0 Å². The third-order valence-electron chi connectivity index (χ3n) is 1.54. The molecule has 0 aromatic heterocycles. The molecule has 1 radical (unpaired) electrons. The van der Waals surface area contributed by atoms with E-state index in [0.717, 1.165) is 5.56 Å². The van der Waals surface area contributed by atoms with Crippen LogP contribution in [-0.2, 0) is 4.74 Å². The van der Waals surface area contributed by atoms with Gasteiger partial charge in [0.1, 0.15) is 0 Å². The summed E-state index contributed by atoms with van der Waals surface area (Å²) >= 11 is 11.6. The predicted molar refractivity (Wildman–Crippen MR) is 51.6 cm³/mol. The van der Waals surface area contributed by atoms with Crippen molar-refractivity contribution in [2.75, 3.05) is 7.11 Å². The molecule has 1 aromatic rings. The van der Waals surface area contributed by atoms with Gasteiger partial charge in [0, 0.05) is 17.2 Å². The average Bonchev–Trinajstić information content (AvgIpc) is 2.01. The van der Waals surface area contributed by atoms with Crippen molar-refractivity contribution in [3.8, 4) is 0 Å². The highest BCUT2D eigenvalue weighted by atomic mass is 35.5. The van der Waals surface area contributed by atoms with Gasteiger partial charge in [-0.2, -0.15) is 0 Å². The maximum absolute atomic E-state index is 5.78. The van der Waals surface area contributed by atoms with Crippen molar-refractivity contribution in [1.29, 1.82) is 0 Å². The number of rotatable bonds is 2. The van der Waals surface area contributed by atoms with Crippen molar-refractivity contribution < 1.29 is 4.74 Å². The fourth-order valence-electron chi connectivity index (χ4n) is 0.897. The number of halogens is 2.